The predicted molar refractivity (Wildman–Crippen MR) is 52.4 cm³/mol. The van der Waals surface area contributed by atoms with Gasteiger partial charge in [0.25, 0.3) is 0 Å². The fourth-order valence-electron chi connectivity index (χ4n) is 1.49. The van der Waals surface area contributed by atoms with Crippen molar-refractivity contribution in [2.24, 2.45) is 0 Å². The Balaban J connectivity index is 0.00000112. The molecule has 1 aromatic rings. The van der Waals surface area contributed by atoms with E-state index in [2.05, 4.69) is 0 Å². The molecule has 0 spiro atoms. The van der Waals surface area contributed by atoms with Crippen molar-refractivity contribution < 1.29 is 28.7 Å². The summed E-state index contributed by atoms with van der Waals surface area (Å²) in [5.41, 5.74) is 1.90. The second-order valence-corrected chi connectivity index (χ2v) is 3.75. The van der Waals surface area contributed by atoms with Crippen molar-refractivity contribution >= 4 is 0 Å². The summed E-state index contributed by atoms with van der Waals surface area (Å²) in [7, 11) is 0. The van der Waals surface area contributed by atoms with Crippen LogP contribution in [0.4, 0.5) is 0 Å². The van der Waals surface area contributed by atoms with E-state index < -0.39 is 0 Å². The summed E-state index contributed by atoms with van der Waals surface area (Å²) in [6, 6.07) is 9.86. The topological polar surface area (TPSA) is 35.6 Å². The molecule has 1 fully saturated rings. The van der Waals surface area contributed by atoms with E-state index in [9.17, 15) is 5.11 Å². The Kier molecular flexibility index (Phi) is 4.04. The first-order chi connectivity index (χ1) is 6.70. The summed E-state index contributed by atoms with van der Waals surface area (Å²) in [6.07, 6.45) is -0.249. The Morgan fingerprint density at radius 1 is 1.20 bits per heavy atom. The molecule has 15 heavy (non-hydrogen) atoms. The van der Waals surface area contributed by atoms with E-state index in [1.165, 1.54) is 0 Å². The van der Waals surface area contributed by atoms with Crippen LogP contribution >= 0.6 is 0 Å². The summed E-state index contributed by atoms with van der Waals surface area (Å²) in [4.78, 5) is 0. The molecule has 1 aliphatic heterocycles. The molecule has 1 aliphatic rings. The molecule has 1 aromatic carbocycles. The van der Waals surface area contributed by atoms with Crippen molar-refractivity contribution in [1.29, 1.82) is 0 Å². The largest absolute Gasteiger partial charge is 1.00 e. The van der Waals surface area contributed by atoms with Crippen LogP contribution in [0.5, 0.6) is 0 Å². The molecule has 2 atom stereocenters. The van der Waals surface area contributed by atoms with Gasteiger partial charge in [-0.1, -0.05) is 35.9 Å². The maximum absolute atomic E-state index is 11.5. The molecule has 0 aliphatic carbocycles. The van der Waals surface area contributed by atoms with Gasteiger partial charge in [0, 0.05) is 0 Å². The molecule has 0 bridgehead atoms. The Hall–Kier alpha value is -0.683. The van der Waals surface area contributed by atoms with Gasteiger partial charge in [0.15, 0.2) is 0 Å². The normalized spacial score (nSPS) is 22.8. The average molecular weight is 196 g/mol. The molecule has 1 heterocycles. The van der Waals surface area contributed by atoms with E-state index in [4.69, 9.17) is 4.74 Å². The summed E-state index contributed by atoms with van der Waals surface area (Å²) in [6.45, 7) is 3.65. The van der Waals surface area contributed by atoms with Gasteiger partial charge in [-0.3, -0.25) is 0 Å². The predicted octanol–water partition coefficient (Wildman–Crippen LogP) is -1.22. The van der Waals surface area contributed by atoms with Crippen molar-refractivity contribution in [3.05, 3.63) is 47.2 Å². The van der Waals surface area contributed by atoms with E-state index in [-0.39, 0.29) is 36.8 Å². The van der Waals surface area contributed by atoms with E-state index in [1.807, 2.05) is 44.2 Å². The molecular formula is C12H13LiO2. The molecule has 0 saturated carbocycles. The Bertz CT molecular complexity index is 355. The third kappa shape index (κ3) is 2.66. The standard InChI is InChI=1S/C12H14O2.Li/c1-8(2)10(13)12-11(14-12)9-6-4-3-5-7-9;/h3-7,11-13H,1-2H3;/q;+1/p-1. The average Bonchev–Trinajstić information content (AvgIpc) is 2.97. The molecule has 0 radical (unpaired) electrons. The zero-order chi connectivity index (χ0) is 10.1. The minimum atomic E-state index is -0.234. The molecule has 0 amide bonds. The zero-order valence-electron chi connectivity index (χ0n) is 9.36. The summed E-state index contributed by atoms with van der Waals surface area (Å²) >= 11 is 0. The molecule has 0 N–H and O–H groups in total. The van der Waals surface area contributed by atoms with Gasteiger partial charge in [-0.05, 0) is 19.4 Å². The minimum Gasteiger partial charge on any atom is -0.874 e. The van der Waals surface area contributed by atoms with Gasteiger partial charge in [0.05, 0.1) is 6.10 Å². The summed E-state index contributed by atoms with van der Waals surface area (Å²) in [5.74, 6) is 0.124. The second kappa shape index (κ2) is 4.89. The number of epoxide rings is 1. The van der Waals surface area contributed by atoms with E-state index >= 15 is 0 Å². The van der Waals surface area contributed by atoms with Crippen LogP contribution in [-0.2, 0) is 4.74 Å². The van der Waals surface area contributed by atoms with Crippen molar-refractivity contribution in [2.75, 3.05) is 0 Å². The van der Waals surface area contributed by atoms with Crippen LogP contribution < -0.4 is 24.0 Å². The van der Waals surface area contributed by atoms with E-state index in [0.717, 1.165) is 11.1 Å². The zero-order valence-corrected chi connectivity index (χ0v) is 9.36. The maximum atomic E-state index is 11.5. The van der Waals surface area contributed by atoms with Crippen molar-refractivity contribution in [3.8, 4) is 0 Å². The number of benzene rings is 1. The summed E-state index contributed by atoms with van der Waals surface area (Å²) < 4.78 is 5.36. The maximum Gasteiger partial charge on any atom is 1.00 e. The Morgan fingerprint density at radius 3 is 2.33 bits per heavy atom. The van der Waals surface area contributed by atoms with Crippen LogP contribution in [0.25, 0.3) is 0 Å². The van der Waals surface area contributed by atoms with Crippen molar-refractivity contribution in [1.82, 2.24) is 0 Å². The third-order valence-electron chi connectivity index (χ3n) is 2.37. The van der Waals surface area contributed by atoms with Crippen LogP contribution in [0.3, 0.4) is 0 Å². The first-order valence-corrected chi connectivity index (χ1v) is 4.75. The number of rotatable bonds is 2. The molecule has 2 nitrogen and oxygen atoms in total. The Morgan fingerprint density at radius 2 is 1.80 bits per heavy atom. The smallest absolute Gasteiger partial charge is 0.874 e. The Labute approximate surface area is 102 Å². The first kappa shape index (κ1) is 12.4. The van der Waals surface area contributed by atoms with Gasteiger partial charge < -0.3 is 9.84 Å². The number of hydrogen-bond donors (Lipinski definition) is 0. The fourth-order valence-corrected chi connectivity index (χ4v) is 1.49. The van der Waals surface area contributed by atoms with Gasteiger partial charge >= 0.3 is 18.9 Å². The molecule has 3 heteroatoms. The van der Waals surface area contributed by atoms with Crippen LogP contribution in [0, 0.1) is 0 Å². The molecule has 0 aromatic heterocycles. The van der Waals surface area contributed by atoms with Crippen molar-refractivity contribution in [2.45, 2.75) is 26.1 Å². The SMILES string of the molecule is CC(C)=C([O-])C1OC1c1ccccc1.[Li+]. The molecular weight excluding hydrogens is 183 g/mol. The quantitative estimate of drug-likeness (QED) is 0.338. The molecule has 74 valence electrons. The van der Waals surface area contributed by atoms with Gasteiger partial charge in [0.1, 0.15) is 6.10 Å². The fraction of sp³-hybridized carbons (Fsp3) is 0.333. The van der Waals surface area contributed by atoms with Gasteiger partial charge in [0.2, 0.25) is 0 Å². The monoisotopic (exact) mass is 196 g/mol. The first-order valence-electron chi connectivity index (χ1n) is 4.75. The van der Waals surface area contributed by atoms with Gasteiger partial charge in [-0.2, -0.15) is 0 Å². The van der Waals surface area contributed by atoms with Crippen LogP contribution in [-0.4, -0.2) is 6.10 Å². The second-order valence-electron chi connectivity index (χ2n) is 3.75. The third-order valence-corrected chi connectivity index (χ3v) is 2.37. The number of allylic oxidation sites excluding steroid dienone is 1. The van der Waals surface area contributed by atoms with Crippen LogP contribution in [0.2, 0.25) is 0 Å². The van der Waals surface area contributed by atoms with Crippen LogP contribution in [0.1, 0.15) is 25.5 Å². The summed E-state index contributed by atoms with van der Waals surface area (Å²) in [5, 5.41) is 11.5. The molecule has 2 rings (SSSR count). The van der Waals surface area contributed by atoms with Crippen LogP contribution in [0.15, 0.2) is 41.7 Å². The molecule has 2 unspecified atom stereocenters. The van der Waals surface area contributed by atoms with Gasteiger partial charge in [-0.25, -0.2) is 0 Å². The van der Waals surface area contributed by atoms with E-state index in [0.29, 0.717) is 0 Å². The van der Waals surface area contributed by atoms with E-state index in [1.54, 1.807) is 0 Å². The minimum absolute atomic E-state index is 0. The molecule has 1 saturated heterocycles. The van der Waals surface area contributed by atoms with Gasteiger partial charge in [-0.15, -0.1) is 5.76 Å². The number of ether oxygens (including phenoxy) is 1. The number of hydrogen-bond acceptors (Lipinski definition) is 2. The van der Waals surface area contributed by atoms with Crippen molar-refractivity contribution in [3.63, 3.8) is 0 Å².